The van der Waals surface area contributed by atoms with Crippen molar-refractivity contribution in [2.24, 2.45) is 0 Å². The molecule has 0 aliphatic carbocycles. The zero-order chi connectivity index (χ0) is 18.6. The number of thioether (sulfide) groups is 1. The maximum absolute atomic E-state index is 12.1. The number of hydrogen-bond acceptors (Lipinski definition) is 8. The molecule has 1 aromatic carbocycles. The monoisotopic (exact) mass is 403 g/mol. The first-order valence-electron chi connectivity index (χ1n) is 8.23. The number of hydrogen-bond donors (Lipinski definition) is 2. The van der Waals surface area contributed by atoms with Gasteiger partial charge in [0.15, 0.2) is 17.3 Å². The van der Waals surface area contributed by atoms with E-state index in [0.29, 0.717) is 29.9 Å². The molecular weight excluding hydrogens is 386 g/mol. The van der Waals surface area contributed by atoms with Crippen LogP contribution in [0.15, 0.2) is 46.9 Å². The summed E-state index contributed by atoms with van der Waals surface area (Å²) in [4.78, 5) is 13.1. The number of nitrogens with two attached hydrogens (primary N) is 1. The van der Waals surface area contributed by atoms with Crippen molar-refractivity contribution in [1.82, 2.24) is 20.2 Å². The second-order valence-electron chi connectivity index (χ2n) is 5.74. The molecule has 1 aliphatic rings. The lowest BCUT2D eigenvalue weighted by Gasteiger charge is -2.26. The van der Waals surface area contributed by atoms with Crippen LogP contribution in [0.1, 0.15) is 0 Å². The SMILES string of the molecule is Nn1c(SCC(=O)NC[C@H]2COc3ccccc3O2)nnc1-c1cccs1. The number of carbonyl (C=O) groups is 1. The molecule has 4 rings (SSSR count). The number of benzene rings is 1. The molecule has 140 valence electrons. The number of nitrogen functional groups attached to an aromatic ring is 1. The van der Waals surface area contributed by atoms with Crippen LogP contribution in [0.2, 0.25) is 0 Å². The summed E-state index contributed by atoms with van der Waals surface area (Å²) in [6.45, 7) is 0.759. The number of ether oxygens (including phenoxy) is 2. The van der Waals surface area contributed by atoms with Crippen molar-refractivity contribution < 1.29 is 14.3 Å². The molecule has 0 bridgehead atoms. The molecule has 3 heterocycles. The van der Waals surface area contributed by atoms with Crippen LogP contribution in [-0.2, 0) is 4.79 Å². The normalized spacial score (nSPS) is 15.5. The number of carbonyl (C=O) groups excluding carboxylic acids is 1. The van der Waals surface area contributed by atoms with Gasteiger partial charge in [-0.05, 0) is 23.6 Å². The molecule has 1 amide bonds. The van der Waals surface area contributed by atoms with Crippen molar-refractivity contribution in [2.45, 2.75) is 11.3 Å². The first-order chi connectivity index (χ1) is 13.2. The highest BCUT2D eigenvalue weighted by molar-refractivity contribution is 7.99. The molecule has 27 heavy (non-hydrogen) atoms. The molecule has 0 radical (unpaired) electrons. The maximum Gasteiger partial charge on any atom is 0.230 e. The Balaban J connectivity index is 1.26. The number of aromatic nitrogens is 3. The van der Waals surface area contributed by atoms with Gasteiger partial charge in [0.2, 0.25) is 11.1 Å². The Morgan fingerprint density at radius 3 is 2.96 bits per heavy atom. The molecule has 3 N–H and O–H groups in total. The molecule has 2 aromatic heterocycles. The summed E-state index contributed by atoms with van der Waals surface area (Å²) in [6.07, 6.45) is -0.225. The summed E-state index contributed by atoms with van der Waals surface area (Å²) in [5, 5.41) is 13.4. The number of nitrogens with zero attached hydrogens (tertiary/aromatic N) is 3. The van der Waals surface area contributed by atoms with Crippen molar-refractivity contribution in [2.75, 3.05) is 24.7 Å². The topological polar surface area (TPSA) is 104 Å². The third-order valence-electron chi connectivity index (χ3n) is 3.83. The Labute approximate surface area is 163 Å². The second kappa shape index (κ2) is 7.89. The van der Waals surface area contributed by atoms with Gasteiger partial charge in [-0.3, -0.25) is 4.79 Å². The van der Waals surface area contributed by atoms with Crippen molar-refractivity contribution in [1.29, 1.82) is 0 Å². The second-order valence-corrected chi connectivity index (χ2v) is 7.63. The fourth-order valence-electron chi connectivity index (χ4n) is 2.52. The zero-order valence-corrected chi connectivity index (χ0v) is 15.8. The molecule has 10 heteroatoms. The Hall–Kier alpha value is -2.72. The highest BCUT2D eigenvalue weighted by Gasteiger charge is 2.21. The van der Waals surface area contributed by atoms with E-state index in [-0.39, 0.29) is 17.8 Å². The van der Waals surface area contributed by atoms with Crippen molar-refractivity contribution >= 4 is 29.0 Å². The minimum atomic E-state index is -0.225. The molecule has 3 aromatic rings. The van der Waals surface area contributed by atoms with E-state index in [9.17, 15) is 4.79 Å². The summed E-state index contributed by atoms with van der Waals surface area (Å²) in [5.41, 5.74) is 0. The highest BCUT2D eigenvalue weighted by Crippen LogP contribution is 2.30. The van der Waals surface area contributed by atoms with E-state index >= 15 is 0 Å². The minimum Gasteiger partial charge on any atom is -0.486 e. The van der Waals surface area contributed by atoms with Gasteiger partial charge in [0.05, 0.1) is 17.2 Å². The van der Waals surface area contributed by atoms with Crippen molar-refractivity contribution in [3.05, 3.63) is 41.8 Å². The Bertz CT molecular complexity index is 929. The van der Waals surface area contributed by atoms with Gasteiger partial charge in [-0.15, -0.1) is 21.5 Å². The minimum absolute atomic E-state index is 0.136. The van der Waals surface area contributed by atoms with Gasteiger partial charge in [-0.1, -0.05) is 30.0 Å². The van der Waals surface area contributed by atoms with Gasteiger partial charge in [-0.2, -0.15) is 0 Å². The van der Waals surface area contributed by atoms with E-state index in [1.54, 1.807) is 0 Å². The standard InChI is InChI=1S/C17H17N5O3S2/c18-22-16(14-6-3-7-26-14)20-21-17(22)27-10-15(23)19-8-11-9-24-12-4-1-2-5-13(12)25-11/h1-7,11H,8-10,18H2,(H,19,23)/t11-/m0/s1. The lowest BCUT2D eigenvalue weighted by molar-refractivity contribution is -0.119. The molecular formula is C17H17N5O3S2. The number of thiophene rings is 1. The third kappa shape index (κ3) is 4.01. The number of para-hydroxylation sites is 2. The summed E-state index contributed by atoms with van der Waals surface area (Å²) in [7, 11) is 0. The molecule has 0 saturated heterocycles. The molecule has 0 fully saturated rings. The smallest absolute Gasteiger partial charge is 0.230 e. The van der Waals surface area contributed by atoms with Crippen molar-refractivity contribution in [3.8, 4) is 22.2 Å². The van der Waals surface area contributed by atoms with Gasteiger partial charge in [0.25, 0.3) is 0 Å². The number of fused-ring (bicyclic) bond motifs is 1. The fourth-order valence-corrected chi connectivity index (χ4v) is 3.91. The summed E-state index contributed by atoms with van der Waals surface area (Å²) in [6, 6.07) is 11.3. The third-order valence-corrected chi connectivity index (χ3v) is 5.64. The highest BCUT2D eigenvalue weighted by atomic mass is 32.2. The van der Waals surface area contributed by atoms with E-state index in [2.05, 4.69) is 15.5 Å². The lowest BCUT2D eigenvalue weighted by Crippen LogP contribution is -2.41. The van der Waals surface area contributed by atoms with Crippen LogP contribution in [0.3, 0.4) is 0 Å². The van der Waals surface area contributed by atoms with Crippen LogP contribution in [0.25, 0.3) is 10.7 Å². The van der Waals surface area contributed by atoms with Crippen LogP contribution in [0.5, 0.6) is 11.5 Å². The van der Waals surface area contributed by atoms with E-state index < -0.39 is 0 Å². The summed E-state index contributed by atoms with van der Waals surface area (Å²) >= 11 is 2.76. The average molecular weight is 403 g/mol. The van der Waals surface area contributed by atoms with Gasteiger partial charge in [0.1, 0.15) is 12.7 Å². The molecule has 0 unspecified atom stereocenters. The maximum atomic E-state index is 12.1. The van der Waals surface area contributed by atoms with Crippen molar-refractivity contribution in [3.63, 3.8) is 0 Å². The molecule has 1 atom stereocenters. The van der Waals surface area contributed by atoms with Crippen LogP contribution < -0.4 is 20.6 Å². The van der Waals surface area contributed by atoms with Crippen LogP contribution in [0, 0.1) is 0 Å². The summed E-state index contributed by atoms with van der Waals surface area (Å²) < 4.78 is 12.9. The number of nitrogens with one attached hydrogen (secondary N) is 1. The Morgan fingerprint density at radius 1 is 1.30 bits per heavy atom. The van der Waals surface area contributed by atoms with E-state index in [4.69, 9.17) is 15.3 Å². The number of rotatable bonds is 6. The number of amides is 1. The quantitative estimate of drug-likeness (QED) is 0.477. The predicted molar refractivity (Wildman–Crippen MR) is 104 cm³/mol. The predicted octanol–water partition coefficient (Wildman–Crippen LogP) is 1.77. The molecule has 1 aliphatic heterocycles. The van der Waals surface area contributed by atoms with E-state index in [1.807, 2.05) is 41.8 Å². The van der Waals surface area contributed by atoms with Crippen LogP contribution >= 0.6 is 23.1 Å². The van der Waals surface area contributed by atoms with Crippen LogP contribution in [0.4, 0.5) is 0 Å². The Kier molecular flexibility index (Phi) is 5.16. The van der Waals surface area contributed by atoms with Gasteiger partial charge in [-0.25, -0.2) is 4.68 Å². The zero-order valence-electron chi connectivity index (χ0n) is 14.2. The average Bonchev–Trinajstić information content (AvgIpc) is 3.34. The van der Waals surface area contributed by atoms with Crippen LogP contribution in [-0.4, -0.2) is 45.8 Å². The summed E-state index contributed by atoms with van der Waals surface area (Å²) in [5.74, 6) is 8.07. The molecule has 8 nitrogen and oxygen atoms in total. The van der Waals surface area contributed by atoms with Gasteiger partial charge < -0.3 is 20.6 Å². The largest absolute Gasteiger partial charge is 0.486 e. The van der Waals surface area contributed by atoms with Gasteiger partial charge in [0, 0.05) is 0 Å². The first-order valence-corrected chi connectivity index (χ1v) is 10.1. The van der Waals surface area contributed by atoms with E-state index in [1.165, 1.54) is 27.8 Å². The molecule has 0 saturated carbocycles. The first kappa shape index (κ1) is 17.7. The Morgan fingerprint density at radius 2 is 2.15 bits per heavy atom. The lowest BCUT2D eigenvalue weighted by atomic mass is 10.2. The molecule has 0 spiro atoms. The van der Waals surface area contributed by atoms with Gasteiger partial charge >= 0.3 is 0 Å². The van der Waals surface area contributed by atoms with E-state index in [0.717, 1.165) is 10.6 Å². The fraction of sp³-hybridized carbons (Fsp3) is 0.235.